The van der Waals surface area contributed by atoms with E-state index in [-0.39, 0.29) is 19.2 Å². The largest absolute Gasteiger partial charge is 0.454 e. The van der Waals surface area contributed by atoms with E-state index in [1.165, 1.54) is 5.56 Å². The summed E-state index contributed by atoms with van der Waals surface area (Å²) in [5, 5.41) is 4.12. The molecule has 3 heterocycles. The lowest BCUT2D eigenvalue weighted by atomic mass is 10.00. The van der Waals surface area contributed by atoms with Crippen LogP contribution in [0.5, 0.6) is 11.5 Å². The van der Waals surface area contributed by atoms with Gasteiger partial charge in [0.2, 0.25) is 18.5 Å². The Morgan fingerprint density at radius 1 is 1.11 bits per heavy atom. The quantitative estimate of drug-likeness (QED) is 0.690. The van der Waals surface area contributed by atoms with Gasteiger partial charge in [-0.15, -0.1) is 12.4 Å². The van der Waals surface area contributed by atoms with Gasteiger partial charge >= 0.3 is 0 Å². The maximum absolute atomic E-state index is 6.12. The van der Waals surface area contributed by atoms with Gasteiger partial charge in [-0.05, 0) is 48.7 Å². The van der Waals surface area contributed by atoms with Gasteiger partial charge in [0.1, 0.15) is 0 Å². The number of nitrogens with two attached hydrogens (primary N) is 1. The van der Waals surface area contributed by atoms with E-state index in [2.05, 4.69) is 21.1 Å². The molecule has 1 aromatic heterocycles. The summed E-state index contributed by atoms with van der Waals surface area (Å²) >= 11 is 0. The van der Waals surface area contributed by atoms with E-state index >= 15 is 0 Å². The van der Waals surface area contributed by atoms with E-state index in [9.17, 15) is 0 Å². The van der Waals surface area contributed by atoms with Gasteiger partial charge in [-0.2, -0.15) is 4.98 Å². The molecule has 0 saturated carbocycles. The van der Waals surface area contributed by atoms with Gasteiger partial charge in [0.25, 0.3) is 0 Å². The number of rotatable bonds is 3. The van der Waals surface area contributed by atoms with Gasteiger partial charge in [-0.25, -0.2) is 0 Å². The molecule has 2 aliphatic heterocycles. The van der Waals surface area contributed by atoms with Crippen LogP contribution in [0.15, 0.2) is 40.9 Å². The average Bonchev–Trinajstić information content (AvgIpc) is 3.31. The number of nitrogen functional groups attached to an aromatic ring is 1. The van der Waals surface area contributed by atoms with Crippen LogP contribution in [0.4, 0.5) is 11.4 Å². The van der Waals surface area contributed by atoms with Crippen molar-refractivity contribution in [1.29, 1.82) is 0 Å². The van der Waals surface area contributed by atoms with Crippen LogP contribution in [0, 0.1) is 0 Å². The number of halogens is 1. The molecule has 0 bridgehead atoms. The molecule has 2 aliphatic rings. The second-order valence-corrected chi connectivity index (χ2v) is 6.45. The van der Waals surface area contributed by atoms with Crippen LogP contribution in [0.25, 0.3) is 11.4 Å². The third-order valence-corrected chi connectivity index (χ3v) is 4.81. The van der Waals surface area contributed by atoms with Crippen molar-refractivity contribution < 1.29 is 14.0 Å². The van der Waals surface area contributed by atoms with Crippen molar-refractivity contribution in [3.05, 3.63) is 47.9 Å². The van der Waals surface area contributed by atoms with Crippen molar-refractivity contribution in [3.8, 4) is 22.9 Å². The Labute approximate surface area is 162 Å². The molecule has 0 fully saturated rings. The average molecular weight is 387 g/mol. The number of fused-ring (bicyclic) bond motifs is 2. The first-order chi connectivity index (χ1) is 12.8. The first-order valence-corrected chi connectivity index (χ1v) is 8.63. The van der Waals surface area contributed by atoms with E-state index < -0.39 is 0 Å². The molecule has 3 aromatic rings. The fourth-order valence-corrected chi connectivity index (χ4v) is 3.53. The molecular weight excluding hydrogens is 368 g/mol. The predicted molar refractivity (Wildman–Crippen MR) is 103 cm³/mol. The fourth-order valence-electron chi connectivity index (χ4n) is 3.53. The highest BCUT2D eigenvalue weighted by atomic mass is 35.5. The van der Waals surface area contributed by atoms with Crippen molar-refractivity contribution in [1.82, 2.24) is 10.1 Å². The number of hydrogen-bond donors (Lipinski definition) is 1. The molecule has 0 spiro atoms. The first kappa shape index (κ1) is 17.5. The SMILES string of the molecule is Cl.Nc1cccc2c1CCCN2Cc1nc(-c2ccc3c(c2)OCO3)no1. The number of benzene rings is 2. The summed E-state index contributed by atoms with van der Waals surface area (Å²) in [6.07, 6.45) is 2.06. The van der Waals surface area contributed by atoms with E-state index in [1.54, 1.807) is 0 Å². The smallest absolute Gasteiger partial charge is 0.246 e. The van der Waals surface area contributed by atoms with Crippen LogP contribution in [0.2, 0.25) is 0 Å². The molecule has 2 aromatic carbocycles. The first-order valence-electron chi connectivity index (χ1n) is 8.63. The van der Waals surface area contributed by atoms with Gasteiger partial charge in [0.05, 0.1) is 6.54 Å². The predicted octanol–water partition coefficient (Wildman–Crippen LogP) is 3.42. The summed E-state index contributed by atoms with van der Waals surface area (Å²) in [5.74, 6) is 2.56. The molecule has 8 heteroatoms. The summed E-state index contributed by atoms with van der Waals surface area (Å²) < 4.78 is 16.2. The van der Waals surface area contributed by atoms with Crippen molar-refractivity contribution in [2.24, 2.45) is 0 Å². The second kappa shape index (κ2) is 7.00. The molecule has 0 radical (unpaired) electrons. The Morgan fingerprint density at radius 2 is 2.00 bits per heavy atom. The maximum atomic E-state index is 6.12. The summed E-state index contributed by atoms with van der Waals surface area (Å²) in [7, 11) is 0. The molecule has 27 heavy (non-hydrogen) atoms. The summed E-state index contributed by atoms with van der Waals surface area (Å²) in [5.41, 5.74) is 10.2. The third kappa shape index (κ3) is 3.14. The lowest BCUT2D eigenvalue weighted by Crippen LogP contribution is -2.29. The van der Waals surface area contributed by atoms with Gasteiger partial charge < -0.3 is 24.6 Å². The monoisotopic (exact) mass is 386 g/mol. The van der Waals surface area contributed by atoms with Crippen LogP contribution in [-0.2, 0) is 13.0 Å². The minimum atomic E-state index is 0. The molecule has 5 rings (SSSR count). The molecular formula is C19H19ClN4O3. The van der Waals surface area contributed by atoms with Gasteiger partial charge in [-0.3, -0.25) is 0 Å². The lowest BCUT2D eigenvalue weighted by molar-refractivity contribution is 0.174. The van der Waals surface area contributed by atoms with Gasteiger partial charge in [0, 0.05) is 23.5 Å². The molecule has 0 atom stereocenters. The Bertz CT molecular complexity index is 975. The minimum absolute atomic E-state index is 0. The third-order valence-electron chi connectivity index (χ3n) is 4.81. The van der Waals surface area contributed by atoms with Crippen molar-refractivity contribution in [2.45, 2.75) is 19.4 Å². The summed E-state index contributed by atoms with van der Waals surface area (Å²) in [4.78, 5) is 6.79. The topological polar surface area (TPSA) is 86.6 Å². The highest BCUT2D eigenvalue weighted by Gasteiger charge is 2.21. The molecule has 7 nitrogen and oxygen atoms in total. The number of anilines is 2. The normalized spacial score (nSPS) is 14.6. The van der Waals surface area contributed by atoms with Gasteiger partial charge in [0.15, 0.2) is 11.5 Å². The Balaban J connectivity index is 0.00000180. The summed E-state index contributed by atoms with van der Waals surface area (Å²) in [6, 6.07) is 11.7. The van der Waals surface area contributed by atoms with Crippen LogP contribution >= 0.6 is 12.4 Å². The Hall–Kier alpha value is -2.93. The number of nitrogens with zero attached hydrogens (tertiary/aromatic N) is 3. The minimum Gasteiger partial charge on any atom is -0.454 e. The summed E-state index contributed by atoms with van der Waals surface area (Å²) in [6.45, 7) is 1.75. The highest BCUT2D eigenvalue weighted by molar-refractivity contribution is 5.85. The van der Waals surface area contributed by atoms with E-state index in [0.29, 0.717) is 24.0 Å². The van der Waals surface area contributed by atoms with Crippen LogP contribution in [0.1, 0.15) is 17.9 Å². The number of aromatic nitrogens is 2. The zero-order valence-electron chi connectivity index (χ0n) is 14.6. The maximum Gasteiger partial charge on any atom is 0.246 e. The Morgan fingerprint density at radius 3 is 2.93 bits per heavy atom. The van der Waals surface area contributed by atoms with Crippen molar-refractivity contribution >= 4 is 23.8 Å². The molecule has 0 amide bonds. The second-order valence-electron chi connectivity index (χ2n) is 6.45. The zero-order valence-corrected chi connectivity index (χ0v) is 15.4. The molecule has 0 unspecified atom stereocenters. The van der Waals surface area contributed by atoms with Crippen LogP contribution in [-0.4, -0.2) is 23.5 Å². The Kier molecular flexibility index (Phi) is 4.53. The van der Waals surface area contributed by atoms with E-state index in [4.69, 9.17) is 19.7 Å². The van der Waals surface area contributed by atoms with Crippen LogP contribution in [0.3, 0.4) is 0 Å². The zero-order chi connectivity index (χ0) is 17.5. The number of ether oxygens (including phenoxy) is 2. The highest BCUT2D eigenvalue weighted by Crippen LogP contribution is 2.35. The molecule has 2 N–H and O–H groups in total. The standard InChI is InChI=1S/C19H18N4O3.ClH/c20-14-4-1-5-15-13(14)3-2-8-23(15)10-18-21-19(22-26-18)12-6-7-16-17(9-12)25-11-24-16;/h1,4-7,9H,2-3,8,10-11,20H2;1H. The van der Waals surface area contributed by atoms with Gasteiger partial charge in [-0.1, -0.05) is 11.2 Å². The van der Waals surface area contributed by atoms with Crippen LogP contribution < -0.4 is 20.1 Å². The number of hydrogen-bond acceptors (Lipinski definition) is 7. The fraction of sp³-hybridized carbons (Fsp3) is 0.263. The van der Waals surface area contributed by atoms with Crippen molar-refractivity contribution in [2.75, 3.05) is 24.0 Å². The van der Waals surface area contributed by atoms with Crippen molar-refractivity contribution in [3.63, 3.8) is 0 Å². The lowest BCUT2D eigenvalue weighted by Gasteiger charge is -2.30. The van der Waals surface area contributed by atoms with E-state index in [1.807, 2.05) is 30.3 Å². The molecule has 140 valence electrons. The molecule has 0 aliphatic carbocycles. The van der Waals surface area contributed by atoms with E-state index in [0.717, 1.165) is 42.1 Å². The molecule has 0 saturated heterocycles.